The molecule has 0 N–H and O–H groups in total. The summed E-state index contributed by atoms with van der Waals surface area (Å²) in [4.78, 5) is 8.28. The van der Waals surface area contributed by atoms with E-state index < -0.39 is 6.98 Å². The Labute approximate surface area is 148 Å². The first-order chi connectivity index (χ1) is 12.5. The Morgan fingerprint density at radius 1 is 1.12 bits per heavy atom. The van der Waals surface area contributed by atoms with Crippen molar-refractivity contribution in [3.8, 4) is 11.1 Å². The molecule has 2 aromatic rings. The molecule has 2 heterocycles. The molecule has 0 unspecified atom stereocenters. The number of anilines is 1. The third kappa shape index (κ3) is 1.94. The van der Waals surface area contributed by atoms with Crippen LogP contribution in [0.4, 0.5) is 5.69 Å². The summed E-state index contributed by atoms with van der Waals surface area (Å²) in [5.41, 5.74) is 7.81. The van der Waals surface area contributed by atoms with Crippen LogP contribution in [0.25, 0.3) is 11.1 Å². The van der Waals surface area contributed by atoms with E-state index in [0.29, 0.717) is 0 Å². The molecule has 0 bridgehead atoms. The van der Waals surface area contributed by atoms with Crippen molar-refractivity contribution in [3.63, 3.8) is 0 Å². The van der Waals surface area contributed by atoms with Gasteiger partial charge in [-0.2, -0.15) is 0 Å². The molecule has 0 radical (unpaired) electrons. The topological polar surface area (TPSA) is 19.4 Å². The lowest BCUT2D eigenvalue weighted by Gasteiger charge is -2.29. The molecule has 0 fully saturated rings. The van der Waals surface area contributed by atoms with Crippen LogP contribution in [0.5, 0.6) is 0 Å². The number of nitrogens with zero attached hydrogens (tertiary/aromatic N) is 3. The first-order valence-corrected chi connectivity index (χ1v) is 8.40. The van der Waals surface area contributed by atoms with Gasteiger partial charge in [-0.1, -0.05) is 26.0 Å². The standard InChI is InChI=1S/C21H25N3/c1-13-11-18-17(12-19(13)24-10-9-23(6)15(24)3)16-8-7-14(2)22-20(16)21(18,4)5/h7-12,15H,1-6H3/t15-/m0/s1/i6D3. The van der Waals surface area contributed by atoms with Crippen molar-refractivity contribution in [2.24, 2.45) is 0 Å². The minimum atomic E-state index is -2.15. The Kier molecular flexibility index (Phi) is 2.45. The van der Waals surface area contributed by atoms with Crippen molar-refractivity contribution < 1.29 is 4.11 Å². The van der Waals surface area contributed by atoms with Gasteiger partial charge in [0.05, 0.1) is 5.69 Å². The van der Waals surface area contributed by atoms with Gasteiger partial charge < -0.3 is 9.80 Å². The summed E-state index contributed by atoms with van der Waals surface area (Å²) >= 11 is 0. The van der Waals surface area contributed by atoms with E-state index in [2.05, 4.69) is 45.0 Å². The molecule has 3 nitrogen and oxygen atoms in total. The minimum absolute atomic E-state index is 0.142. The maximum Gasteiger partial charge on any atom is 0.102 e. The zero-order valence-electron chi connectivity index (χ0n) is 17.9. The highest BCUT2D eigenvalue weighted by Gasteiger charge is 2.38. The molecule has 1 aromatic carbocycles. The molecule has 0 spiro atoms. The van der Waals surface area contributed by atoms with Crippen LogP contribution < -0.4 is 4.90 Å². The van der Waals surface area contributed by atoms with E-state index in [1.54, 1.807) is 6.20 Å². The third-order valence-electron chi connectivity index (χ3n) is 5.40. The van der Waals surface area contributed by atoms with E-state index in [-0.39, 0.29) is 11.6 Å². The molecule has 24 heavy (non-hydrogen) atoms. The van der Waals surface area contributed by atoms with E-state index in [1.165, 1.54) is 21.6 Å². The Morgan fingerprint density at radius 2 is 1.92 bits per heavy atom. The van der Waals surface area contributed by atoms with Gasteiger partial charge in [0.1, 0.15) is 6.17 Å². The van der Waals surface area contributed by atoms with Gasteiger partial charge in [0.2, 0.25) is 0 Å². The molecule has 4 rings (SSSR count). The predicted octanol–water partition coefficient (Wildman–Crippen LogP) is 4.57. The fourth-order valence-corrected chi connectivity index (χ4v) is 3.90. The summed E-state index contributed by atoms with van der Waals surface area (Å²) < 4.78 is 23.2. The smallest absolute Gasteiger partial charge is 0.102 e. The van der Waals surface area contributed by atoms with Gasteiger partial charge in [0, 0.05) is 45.8 Å². The van der Waals surface area contributed by atoms with Crippen LogP contribution in [0.2, 0.25) is 0 Å². The Hall–Kier alpha value is -2.29. The number of hydrogen-bond acceptors (Lipinski definition) is 3. The molecule has 1 aliphatic heterocycles. The number of hydrogen-bond donors (Lipinski definition) is 0. The van der Waals surface area contributed by atoms with Crippen LogP contribution in [0.15, 0.2) is 36.7 Å². The lowest BCUT2D eigenvalue weighted by atomic mass is 9.84. The van der Waals surface area contributed by atoms with E-state index in [4.69, 9.17) is 9.10 Å². The molecule has 3 heteroatoms. The summed E-state index contributed by atoms with van der Waals surface area (Å²) in [5.74, 6) is 0. The van der Waals surface area contributed by atoms with Gasteiger partial charge in [-0.05, 0) is 49.6 Å². The highest BCUT2D eigenvalue weighted by molar-refractivity contribution is 5.83. The second kappa shape index (κ2) is 4.85. The van der Waals surface area contributed by atoms with Crippen molar-refractivity contribution in [2.75, 3.05) is 11.9 Å². The average Bonchev–Trinajstić information content (AvgIpc) is 3.04. The van der Waals surface area contributed by atoms with E-state index in [9.17, 15) is 0 Å². The molecular weight excluding hydrogens is 294 g/mol. The normalized spacial score (nSPS) is 22.9. The van der Waals surface area contributed by atoms with Gasteiger partial charge in [-0.25, -0.2) is 0 Å². The van der Waals surface area contributed by atoms with Crippen molar-refractivity contribution >= 4 is 5.69 Å². The van der Waals surface area contributed by atoms with E-state index in [1.807, 2.05) is 24.9 Å². The SMILES string of the molecule is [2H]C([2H])([2H])N1C=CN(c2cc3c(cc2C)C(C)(C)c2nc(C)ccc2-3)[C@H]1C. The van der Waals surface area contributed by atoms with Gasteiger partial charge >= 0.3 is 0 Å². The average molecular weight is 322 g/mol. The molecule has 1 aromatic heterocycles. The molecule has 0 saturated carbocycles. The van der Waals surface area contributed by atoms with Crippen LogP contribution in [-0.2, 0) is 5.41 Å². The molecule has 0 saturated heterocycles. The zero-order valence-corrected chi connectivity index (χ0v) is 14.9. The van der Waals surface area contributed by atoms with Crippen molar-refractivity contribution in [3.05, 3.63) is 59.2 Å². The molecule has 1 aliphatic carbocycles. The third-order valence-corrected chi connectivity index (χ3v) is 5.40. The first kappa shape index (κ1) is 12.1. The second-order valence-corrected chi connectivity index (χ2v) is 7.40. The monoisotopic (exact) mass is 322 g/mol. The summed E-state index contributed by atoms with van der Waals surface area (Å²) in [6.07, 6.45) is 3.26. The number of fused-ring (bicyclic) bond motifs is 3. The maximum atomic E-state index is 7.73. The van der Waals surface area contributed by atoms with Crippen LogP contribution in [0, 0.1) is 13.8 Å². The summed E-state index contributed by atoms with van der Waals surface area (Å²) in [5, 5.41) is 0. The Balaban J connectivity index is 1.83. The van der Waals surface area contributed by atoms with Crippen LogP contribution in [0.3, 0.4) is 0 Å². The maximum absolute atomic E-state index is 7.73. The highest BCUT2D eigenvalue weighted by atomic mass is 15.4. The fourth-order valence-electron chi connectivity index (χ4n) is 3.90. The summed E-state index contributed by atoms with van der Waals surface area (Å²) in [6, 6.07) is 8.64. The van der Waals surface area contributed by atoms with Crippen molar-refractivity contribution in [2.45, 2.75) is 46.2 Å². The summed E-state index contributed by atoms with van der Waals surface area (Å²) in [6.45, 7) is 8.32. The van der Waals surface area contributed by atoms with E-state index >= 15 is 0 Å². The van der Waals surface area contributed by atoms with Gasteiger partial charge in [0.15, 0.2) is 0 Å². The van der Waals surface area contributed by atoms with Crippen molar-refractivity contribution in [1.82, 2.24) is 9.88 Å². The molecular formula is C21H25N3. The molecule has 0 amide bonds. The highest BCUT2D eigenvalue weighted by Crippen LogP contribution is 2.49. The largest absolute Gasteiger partial charge is 0.359 e. The number of benzene rings is 1. The molecule has 1 atom stereocenters. The lowest BCUT2D eigenvalue weighted by Crippen LogP contribution is -2.33. The Bertz CT molecular complexity index is 960. The second-order valence-electron chi connectivity index (χ2n) is 7.40. The number of aryl methyl sites for hydroxylation is 2. The fraction of sp³-hybridized carbons (Fsp3) is 0.381. The molecule has 2 aliphatic rings. The molecule has 124 valence electrons. The quantitative estimate of drug-likeness (QED) is 0.766. The first-order valence-electron chi connectivity index (χ1n) is 9.90. The zero-order chi connectivity index (χ0) is 19.7. The summed E-state index contributed by atoms with van der Waals surface area (Å²) in [7, 11) is 0. The van der Waals surface area contributed by atoms with Crippen LogP contribution in [-0.4, -0.2) is 23.0 Å². The predicted molar refractivity (Wildman–Crippen MR) is 100 cm³/mol. The van der Waals surface area contributed by atoms with Crippen LogP contribution >= 0.6 is 0 Å². The van der Waals surface area contributed by atoms with Crippen molar-refractivity contribution in [1.29, 1.82) is 0 Å². The number of pyridine rings is 1. The van der Waals surface area contributed by atoms with Gasteiger partial charge in [0.25, 0.3) is 0 Å². The Morgan fingerprint density at radius 3 is 2.62 bits per heavy atom. The number of rotatable bonds is 1. The minimum Gasteiger partial charge on any atom is -0.359 e. The number of aromatic nitrogens is 1. The van der Waals surface area contributed by atoms with E-state index in [0.717, 1.165) is 22.6 Å². The lowest BCUT2D eigenvalue weighted by molar-refractivity contribution is 0.383. The van der Waals surface area contributed by atoms with Gasteiger partial charge in [-0.3, -0.25) is 4.98 Å². The van der Waals surface area contributed by atoms with Gasteiger partial charge in [-0.15, -0.1) is 0 Å². The van der Waals surface area contributed by atoms with Crippen LogP contribution in [0.1, 0.15) is 47.4 Å².